The van der Waals surface area contributed by atoms with Crippen LogP contribution >= 0.6 is 0 Å². The van der Waals surface area contributed by atoms with Crippen molar-refractivity contribution in [3.63, 3.8) is 0 Å². The van der Waals surface area contributed by atoms with Gasteiger partial charge in [0.25, 0.3) is 0 Å². The van der Waals surface area contributed by atoms with E-state index in [1.807, 2.05) is 17.7 Å². The topological polar surface area (TPSA) is 3.88 Å². The molecule has 3 aromatic rings. The molecule has 0 N–H and O–H groups in total. The maximum atomic E-state index is 8.60. The van der Waals surface area contributed by atoms with Gasteiger partial charge in [-0.05, 0) is 78.3 Å². The van der Waals surface area contributed by atoms with Gasteiger partial charge in [0, 0.05) is 6.07 Å². The summed E-state index contributed by atoms with van der Waals surface area (Å²) >= 11 is 0. The molecule has 27 heavy (non-hydrogen) atoms. The van der Waals surface area contributed by atoms with E-state index in [0.29, 0.717) is 18.0 Å². The zero-order valence-corrected chi connectivity index (χ0v) is 17.4. The Bertz CT molecular complexity index is 1040. The first-order valence-corrected chi connectivity index (χ1v) is 10.4. The standard InChI is InChI=1S/C26H32N/c1-17(2)23-14-18(3)19(4)25(16-23)26-24-11-10-21(20-8-6-7-9-20)15-22(24)12-13-27(26)5/h10-17,20H,6-9H2,1-5H3/q+1/i13D. The predicted molar refractivity (Wildman–Crippen MR) is 115 cm³/mol. The normalized spacial score (nSPS) is 15.7. The van der Waals surface area contributed by atoms with E-state index in [9.17, 15) is 0 Å². The van der Waals surface area contributed by atoms with E-state index in [2.05, 4.69) is 58.0 Å². The van der Waals surface area contributed by atoms with E-state index in [4.69, 9.17) is 1.37 Å². The largest absolute Gasteiger partial charge is 0.220 e. The Kier molecular flexibility index (Phi) is 4.47. The molecule has 1 aliphatic rings. The molecule has 1 heteroatoms. The summed E-state index contributed by atoms with van der Waals surface area (Å²) in [5.74, 6) is 1.19. The second kappa shape index (κ2) is 7.11. The van der Waals surface area contributed by atoms with Gasteiger partial charge >= 0.3 is 0 Å². The van der Waals surface area contributed by atoms with Gasteiger partial charge in [-0.25, -0.2) is 4.57 Å². The van der Waals surface area contributed by atoms with Crippen LogP contribution in [-0.2, 0) is 7.05 Å². The van der Waals surface area contributed by atoms with Crippen LogP contribution in [0.5, 0.6) is 0 Å². The molecule has 0 atom stereocenters. The lowest BCUT2D eigenvalue weighted by atomic mass is 9.89. The number of aromatic nitrogens is 1. The number of fused-ring (bicyclic) bond motifs is 1. The molecule has 1 saturated carbocycles. The Morgan fingerprint density at radius 2 is 1.78 bits per heavy atom. The number of hydrogen-bond acceptors (Lipinski definition) is 0. The summed E-state index contributed by atoms with van der Waals surface area (Å²) in [7, 11) is 2.03. The van der Waals surface area contributed by atoms with Crippen LogP contribution in [-0.4, -0.2) is 0 Å². The van der Waals surface area contributed by atoms with E-state index < -0.39 is 0 Å². The molecule has 1 nitrogen and oxygen atoms in total. The summed E-state index contributed by atoms with van der Waals surface area (Å²) in [4.78, 5) is 0. The van der Waals surface area contributed by atoms with Crippen LogP contribution in [0.15, 0.2) is 42.6 Å². The van der Waals surface area contributed by atoms with Crippen molar-refractivity contribution in [2.24, 2.45) is 7.05 Å². The van der Waals surface area contributed by atoms with Gasteiger partial charge in [-0.2, -0.15) is 0 Å². The van der Waals surface area contributed by atoms with Gasteiger partial charge in [-0.3, -0.25) is 0 Å². The minimum absolute atomic E-state index is 0.489. The molecule has 0 saturated heterocycles. The van der Waals surface area contributed by atoms with Crippen molar-refractivity contribution in [3.05, 3.63) is 64.8 Å². The first-order chi connectivity index (χ1) is 13.4. The minimum atomic E-state index is 0.489. The summed E-state index contributed by atoms with van der Waals surface area (Å²) in [5, 5.41) is 2.46. The summed E-state index contributed by atoms with van der Waals surface area (Å²) in [6.07, 6.45) is 5.88. The predicted octanol–water partition coefficient (Wildman–Crippen LogP) is 6.73. The lowest BCUT2D eigenvalue weighted by Crippen LogP contribution is -2.31. The SMILES string of the molecule is [2H]c1cc2cc(C3CCCC3)ccc2c(-c2cc(C(C)C)cc(C)c2C)[n+]1C. The molecule has 0 aliphatic heterocycles. The zero-order chi connectivity index (χ0) is 20.0. The molecule has 0 radical (unpaired) electrons. The van der Waals surface area contributed by atoms with Crippen molar-refractivity contribution in [1.29, 1.82) is 0 Å². The van der Waals surface area contributed by atoms with Gasteiger partial charge in [0.2, 0.25) is 5.69 Å². The third-order valence-electron chi connectivity index (χ3n) is 6.52. The lowest BCUT2D eigenvalue weighted by molar-refractivity contribution is -0.659. The molecule has 4 rings (SSSR count). The number of aryl methyl sites for hydroxylation is 1. The number of nitrogens with zero attached hydrogens (tertiary/aromatic N) is 1. The third-order valence-corrected chi connectivity index (χ3v) is 6.52. The van der Waals surface area contributed by atoms with Gasteiger partial charge in [0.05, 0.1) is 10.9 Å². The van der Waals surface area contributed by atoms with Crippen molar-refractivity contribution in [2.75, 3.05) is 0 Å². The van der Waals surface area contributed by atoms with Gasteiger partial charge in [-0.1, -0.05) is 44.9 Å². The van der Waals surface area contributed by atoms with E-state index in [1.54, 1.807) is 0 Å². The van der Waals surface area contributed by atoms with Crippen LogP contribution in [0.2, 0.25) is 0 Å². The Morgan fingerprint density at radius 3 is 2.48 bits per heavy atom. The van der Waals surface area contributed by atoms with Crippen molar-refractivity contribution in [2.45, 2.75) is 65.2 Å². The average molecular weight is 360 g/mol. The monoisotopic (exact) mass is 359 g/mol. The van der Waals surface area contributed by atoms with E-state index in [0.717, 1.165) is 0 Å². The molecule has 1 heterocycles. The number of rotatable bonds is 3. The Balaban J connectivity index is 1.97. The summed E-state index contributed by atoms with van der Waals surface area (Å²) in [5.41, 5.74) is 7.89. The van der Waals surface area contributed by atoms with E-state index in [-0.39, 0.29) is 0 Å². The van der Waals surface area contributed by atoms with Crippen LogP contribution < -0.4 is 4.57 Å². The zero-order valence-electron chi connectivity index (χ0n) is 18.4. The molecule has 2 aromatic carbocycles. The third kappa shape index (κ3) is 3.29. The molecule has 1 aromatic heterocycles. The summed E-state index contributed by atoms with van der Waals surface area (Å²) < 4.78 is 10.6. The summed E-state index contributed by atoms with van der Waals surface area (Å²) in [6.45, 7) is 8.92. The highest BCUT2D eigenvalue weighted by Crippen LogP contribution is 2.37. The second-order valence-corrected chi connectivity index (χ2v) is 8.67. The van der Waals surface area contributed by atoms with Gasteiger partial charge in [0.15, 0.2) is 6.17 Å². The molecule has 1 fully saturated rings. The van der Waals surface area contributed by atoms with Gasteiger partial charge in [-0.15, -0.1) is 0 Å². The van der Waals surface area contributed by atoms with Crippen LogP contribution in [0.25, 0.3) is 22.0 Å². The number of pyridine rings is 1. The Hall–Kier alpha value is -2.15. The fourth-order valence-corrected chi connectivity index (χ4v) is 4.63. The van der Waals surface area contributed by atoms with Crippen molar-refractivity contribution in [1.82, 2.24) is 0 Å². The quantitative estimate of drug-likeness (QED) is 0.456. The molecule has 140 valence electrons. The highest BCUT2D eigenvalue weighted by Gasteiger charge is 2.22. The van der Waals surface area contributed by atoms with Gasteiger partial charge in [0.1, 0.15) is 8.42 Å². The van der Waals surface area contributed by atoms with E-state index >= 15 is 0 Å². The van der Waals surface area contributed by atoms with E-state index in [1.165, 1.54) is 70.0 Å². The Labute approximate surface area is 165 Å². The molecular weight excluding hydrogens is 326 g/mol. The van der Waals surface area contributed by atoms with Crippen LogP contribution in [0.3, 0.4) is 0 Å². The maximum absolute atomic E-state index is 8.60. The number of hydrogen-bond donors (Lipinski definition) is 0. The highest BCUT2D eigenvalue weighted by molar-refractivity contribution is 5.94. The first kappa shape index (κ1) is 17.0. The van der Waals surface area contributed by atoms with Gasteiger partial charge < -0.3 is 0 Å². The molecule has 0 unspecified atom stereocenters. The molecular formula is C26H32N+. The summed E-state index contributed by atoms with van der Waals surface area (Å²) in [6, 6.07) is 13.7. The first-order valence-electron chi connectivity index (χ1n) is 10.9. The fraction of sp³-hybridized carbons (Fsp3) is 0.423. The molecule has 1 aliphatic carbocycles. The fourth-order valence-electron chi connectivity index (χ4n) is 4.63. The smallest absolute Gasteiger partial charge is 0.200 e. The van der Waals surface area contributed by atoms with Crippen LogP contribution in [0, 0.1) is 13.8 Å². The van der Waals surface area contributed by atoms with Crippen LogP contribution in [0.1, 0.15) is 75.0 Å². The lowest BCUT2D eigenvalue weighted by Gasteiger charge is -2.15. The minimum Gasteiger partial charge on any atom is -0.200 e. The van der Waals surface area contributed by atoms with Crippen LogP contribution in [0.4, 0.5) is 0 Å². The second-order valence-electron chi connectivity index (χ2n) is 8.67. The molecule has 0 bridgehead atoms. The highest BCUT2D eigenvalue weighted by atomic mass is 14.9. The van der Waals surface area contributed by atoms with Crippen molar-refractivity contribution >= 4 is 10.8 Å². The maximum Gasteiger partial charge on any atom is 0.220 e. The Morgan fingerprint density at radius 1 is 1.04 bits per heavy atom. The average Bonchev–Trinajstić information content (AvgIpc) is 3.19. The van der Waals surface area contributed by atoms with Crippen molar-refractivity contribution < 1.29 is 5.94 Å². The number of benzene rings is 2. The molecule has 0 spiro atoms. The molecule has 0 amide bonds. The van der Waals surface area contributed by atoms with Crippen molar-refractivity contribution in [3.8, 4) is 11.3 Å².